The zero-order valence-corrected chi connectivity index (χ0v) is 10.8. The molecule has 5 heteroatoms. The minimum atomic E-state index is 0.306. The lowest BCUT2D eigenvalue weighted by Gasteiger charge is -1.98. The second kappa shape index (κ2) is 6.99. The van der Waals surface area contributed by atoms with Crippen LogP contribution in [-0.4, -0.2) is 16.4 Å². The van der Waals surface area contributed by atoms with E-state index in [2.05, 4.69) is 21.5 Å². The summed E-state index contributed by atoms with van der Waals surface area (Å²) in [5.41, 5.74) is 1.58. The van der Waals surface area contributed by atoms with Gasteiger partial charge in [-0.3, -0.25) is 9.98 Å². The maximum Gasteiger partial charge on any atom is 0.130 e. The van der Waals surface area contributed by atoms with Gasteiger partial charge >= 0.3 is 0 Å². The van der Waals surface area contributed by atoms with Gasteiger partial charge in [0.25, 0.3) is 0 Å². The van der Waals surface area contributed by atoms with Gasteiger partial charge in [-0.2, -0.15) is 0 Å². The van der Waals surface area contributed by atoms with Crippen molar-refractivity contribution in [1.82, 2.24) is 4.98 Å². The highest BCUT2D eigenvalue weighted by atomic mass is 35.5. The summed E-state index contributed by atoms with van der Waals surface area (Å²) in [5.74, 6) is 0. The summed E-state index contributed by atoms with van der Waals surface area (Å²) in [5, 5.41) is 0.899. The molecule has 0 spiro atoms. The van der Waals surface area contributed by atoms with Gasteiger partial charge in [0.2, 0.25) is 0 Å². The van der Waals surface area contributed by atoms with E-state index < -0.39 is 0 Å². The molecule has 0 aliphatic rings. The van der Waals surface area contributed by atoms with Crippen LogP contribution in [-0.2, 0) is 0 Å². The van der Waals surface area contributed by atoms with Gasteiger partial charge in [0, 0.05) is 18.6 Å². The number of halogens is 2. The Morgan fingerprint density at radius 2 is 2.29 bits per heavy atom. The van der Waals surface area contributed by atoms with Crippen molar-refractivity contribution in [3.05, 3.63) is 53.6 Å². The van der Waals surface area contributed by atoms with Crippen LogP contribution in [0.5, 0.6) is 0 Å². The molecule has 0 amide bonds. The number of rotatable bonds is 4. The summed E-state index contributed by atoms with van der Waals surface area (Å²) in [6, 6.07) is 1.84. The first kappa shape index (κ1) is 13.6. The minimum Gasteiger partial charge on any atom is -0.262 e. The zero-order chi connectivity index (χ0) is 12.7. The predicted octanol–water partition coefficient (Wildman–Crippen LogP) is 3.76. The largest absolute Gasteiger partial charge is 0.262 e. The van der Waals surface area contributed by atoms with Crippen molar-refractivity contribution in [1.29, 1.82) is 0 Å². The van der Waals surface area contributed by atoms with Gasteiger partial charge in [-0.05, 0) is 24.6 Å². The van der Waals surface area contributed by atoms with Crippen LogP contribution >= 0.6 is 23.2 Å². The maximum atomic E-state index is 6.04. The second-order valence-electron chi connectivity index (χ2n) is 3.06. The highest BCUT2D eigenvalue weighted by Gasteiger charge is 2.00. The van der Waals surface area contributed by atoms with Crippen molar-refractivity contribution in [3.63, 3.8) is 0 Å². The van der Waals surface area contributed by atoms with Crippen LogP contribution < -0.4 is 0 Å². The molecule has 88 valence electrons. The zero-order valence-electron chi connectivity index (χ0n) is 9.27. The summed E-state index contributed by atoms with van der Waals surface area (Å²) in [7, 11) is 0. The molecule has 0 aliphatic carbocycles. The fourth-order valence-corrected chi connectivity index (χ4v) is 1.29. The van der Waals surface area contributed by atoms with Gasteiger partial charge in [0.05, 0.1) is 11.2 Å². The highest BCUT2D eigenvalue weighted by molar-refractivity contribution is 6.68. The van der Waals surface area contributed by atoms with Gasteiger partial charge in [-0.15, -0.1) is 0 Å². The average Bonchev–Trinajstić information content (AvgIpc) is 2.30. The number of aromatic nitrogens is 1. The van der Waals surface area contributed by atoms with Crippen LogP contribution in [0.4, 0.5) is 0 Å². The van der Waals surface area contributed by atoms with E-state index in [1.807, 2.05) is 13.0 Å². The van der Waals surface area contributed by atoms with Crippen LogP contribution in [0.1, 0.15) is 11.3 Å². The summed E-state index contributed by atoms with van der Waals surface area (Å²) >= 11 is 11.7. The van der Waals surface area contributed by atoms with Gasteiger partial charge in [-0.1, -0.05) is 29.8 Å². The number of pyridine rings is 1. The fourth-order valence-electron chi connectivity index (χ4n) is 1.000. The van der Waals surface area contributed by atoms with E-state index in [0.29, 0.717) is 15.9 Å². The van der Waals surface area contributed by atoms with Crippen molar-refractivity contribution in [3.8, 4) is 0 Å². The Kier molecular flexibility index (Phi) is 5.60. The third-order valence-electron chi connectivity index (χ3n) is 1.82. The number of allylic oxidation sites excluding steroid dienone is 1. The lowest BCUT2D eigenvalue weighted by molar-refractivity contribution is 1.26. The first-order chi connectivity index (χ1) is 8.15. The van der Waals surface area contributed by atoms with E-state index in [1.165, 1.54) is 12.4 Å². The first-order valence-corrected chi connectivity index (χ1v) is 5.55. The van der Waals surface area contributed by atoms with Crippen molar-refractivity contribution < 1.29 is 0 Å². The van der Waals surface area contributed by atoms with Crippen LogP contribution in [0.15, 0.2) is 47.3 Å². The average molecular weight is 268 g/mol. The molecule has 0 radical (unpaired) electrons. The normalized spacial score (nSPS) is 12.5. The smallest absolute Gasteiger partial charge is 0.130 e. The summed E-state index contributed by atoms with van der Waals surface area (Å²) in [4.78, 5) is 11.9. The summed E-state index contributed by atoms with van der Waals surface area (Å²) in [6.45, 7) is 5.33. The maximum absolute atomic E-state index is 6.04. The Bertz CT molecular complexity index is 491. The molecule has 17 heavy (non-hydrogen) atoms. The van der Waals surface area contributed by atoms with Crippen molar-refractivity contribution >= 4 is 34.6 Å². The predicted molar refractivity (Wildman–Crippen MR) is 74.2 cm³/mol. The van der Waals surface area contributed by atoms with E-state index in [0.717, 1.165) is 5.56 Å². The van der Waals surface area contributed by atoms with Gasteiger partial charge < -0.3 is 0 Å². The van der Waals surface area contributed by atoms with Crippen molar-refractivity contribution in [2.24, 2.45) is 9.98 Å². The lowest BCUT2D eigenvalue weighted by atomic mass is 10.2. The molecule has 1 aromatic heterocycles. The quantitative estimate of drug-likeness (QED) is 0.766. The van der Waals surface area contributed by atoms with E-state index in [9.17, 15) is 0 Å². The van der Waals surface area contributed by atoms with Crippen LogP contribution in [0.25, 0.3) is 0 Å². The molecular weight excluding hydrogens is 257 g/mol. The Hall–Kier alpha value is -1.45. The van der Waals surface area contributed by atoms with E-state index >= 15 is 0 Å². The Morgan fingerprint density at radius 3 is 3.00 bits per heavy atom. The second-order valence-corrected chi connectivity index (χ2v) is 3.82. The monoisotopic (exact) mass is 267 g/mol. The molecule has 3 nitrogen and oxygen atoms in total. The Morgan fingerprint density at radius 1 is 1.53 bits per heavy atom. The third kappa shape index (κ3) is 4.51. The highest BCUT2D eigenvalue weighted by Crippen LogP contribution is 2.16. The van der Waals surface area contributed by atoms with Crippen LogP contribution in [0.2, 0.25) is 5.02 Å². The molecule has 0 saturated carbocycles. The molecule has 0 aliphatic heterocycles. The molecular formula is C12H11Cl2N3. The van der Waals surface area contributed by atoms with E-state index in [-0.39, 0.29) is 0 Å². The van der Waals surface area contributed by atoms with Gasteiger partial charge in [0.15, 0.2) is 0 Å². The molecule has 1 heterocycles. The van der Waals surface area contributed by atoms with E-state index in [4.69, 9.17) is 23.2 Å². The number of hydrogen-bond donors (Lipinski definition) is 0. The van der Waals surface area contributed by atoms with Gasteiger partial charge in [0.1, 0.15) is 10.9 Å². The van der Waals surface area contributed by atoms with Crippen LogP contribution in [0, 0.1) is 6.92 Å². The number of nitrogens with zero attached hydrogens (tertiary/aromatic N) is 3. The Balaban J connectivity index is 2.75. The molecule has 0 bridgehead atoms. The lowest BCUT2D eigenvalue weighted by Crippen LogP contribution is -1.90. The number of aryl methyl sites for hydroxylation is 1. The van der Waals surface area contributed by atoms with Gasteiger partial charge in [-0.25, -0.2) is 4.99 Å². The summed E-state index contributed by atoms with van der Waals surface area (Å²) < 4.78 is 0. The van der Waals surface area contributed by atoms with Crippen LogP contribution in [0.3, 0.4) is 0 Å². The molecule has 0 aromatic carbocycles. The fraction of sp³-hybridized carbons (Fsp3) is 0.0833. The Labute approximate surface area is 110 Å². The minimum absolute atomic E-state index is 0.306. The standard InChI is InChI=1S/C12H11Cl2N3/c1-3-16-11(13)5-6-15-8-10-12(14)9(2)4-7-17-10/h3-8H,1H2,2H3/b6-5+,15-8+,16-11+. The van der Waals surface area contributed by atoms with Crippen molar-refractivity contribution in [2.45, 2.75) is 6.92 Å². The molecule has 1 aromatic rings. The van der Waals surface area contributed by atoms with Crippen molar-refractivity contribution in [2.75, 3.05) is 0 Å². The molecule has 0 N–H and O–H groups in total. The topological polar surface area (TPSA) is 37.6 Å². The molecule has 0 atom stereocenters. The number of aliphatic imine (C=N–C) groups is 2. The molecule has 0 unspecified atom stereocenters. The first-order valence-electron chi connectivity index (χ1n) is 4.80. The third-order valence-corrected chi connectivity index (χ3v) is 2.53. The molecule has 0 fully saturated rings. The molecule has 1 rings (SSSR count). The number of hydrogen-bond acceptors (Lipinski definition) is 3. The molecule has 0 saturated heterocycles. The summed E-state index contributed by atoms with van der Waals surface area (Å²) in [6.07, 6.45) is 7.65. The van der Waals surface area contributed by atoms with E-state index in [1.54, 1.807) is 18.5 Å². The SMILES string of the molecule is C=C\N=C(Cl)/C=C/N=C/c1nccc(C)c1Cl.